The fraction of sp³-hybridized carbons (Fsp3) is 0.968. The van der Waals surface area contributed by atoms with Gasteiger partial charge in [-0.05, 0) is 37.4 Å². The first-order valence-corrected chi connectivity index (χ1v) is 18.5. The molecule has 0 aliphatic heterocycles. The van der Waals surface area contributed by atoms with Gasteiger partial charge in [0.15, 0.2) is 0 Å². The van der Waals surface area contributed by atoms with Crippen LogP contribution in [-0.2, 0) is 18.6 Å². The molecule has 0 saturated carbocycles. The molecule has 0 spiro atoms. The molecule has 3 atom stereocenters. The second-order valence-electron chi connectivity index (χ2n) is 12.2. The molecule has 39 heavy (non-hydrogen) atoms. The molecule has 0 saturated heterocycles. The maximum atomic E-state index is 12.1. The lowest BCUT2D eigenvalue weighted by Crippen LogP contribution is -2.25. The fourth-order valence-electron chi connectivity index (χ4n) is 4.26. The van der Waals surface area contributed by atoms with Crippen molar-refractivity contribution in [1.29, 1.82) is 0 Å². The van der Waals surface area contributed by atoms with Gasteiger partial charge in [0.1, 0.15) is 0 Å². The second kappa shape index (κ2) is 24.5. The monoisotopic (exact) mass is 594 g/mol. The van der Waals surface area contributed by atoms with Crippen LogP contribution in [0, 0.1) is 5.41 Å². The SMILES string of the molecule is CCCCCCCCCCCCSC(CCCCCCC)C(C)OCCCOP(=O)(O)C(=O)OCC(C)(C)C. The summed E-state index contributed by atoms with van der Waals surface area (Å²) in [6.45, 7) is 12.8. The minimum Gasteiger partial charge on any atom is -0.456 e. The molecule has 0 radical (unpaired) electrons. The third-order valence-electron chi connectivity index (χ3n) is 6.74. The van der Waals surface area contributed by atoms with Crippen LogP contribution in [0.5, 0.6) is 0 Å². The highest BCUT2D eigenvalue weighted by Crippen LogP contribution is 2.44. The fourth-order valence-corrected chi connectivity index (χ4v) is 6.33. The molecule has 0 amide bonds. The summed E-state index contributed by atoms with van der Waals surface area (Å²) in [6, 6.07) is 0. The summed E-state index contributed by atoms with van der Waals surface area (Å²) in [6.07, 6.45) is 21.7. The van der Waals surface area contributed by atoms with Gasteiger partial charge in [-0.2, -0.15) is 11.8 Å². The molecule has 0 aromatic heterocycles. The predicted molar refractivity (Wildman–Crippen MR) is 168 cm³/mol. The molecule has 0 aliphatic carbocycles. The van der Waals surface area contributed by atoms with Crippen molar-refractivity contribution < 1.29 is 28.3 Å². The molecule has 0 fully saturated rings. The van der Waals surface area contributed by atoms with Crippen molar-refractivity contribution in [3.05, 3.63) is 0 Å². The van der Waals surface area contributed by atoms with E-state index in [4.69, 9.17) is 14.0 Å². The van der Waals surface area contributed by atoms with Gasteiger partial charge in [0.2, 0.25) is 0 Å². The van der Waals surface area contributed by atoms with Crippen LogP contribution >= 0.6 is 19.4 Å². The molecule has 0 rings (SSSR count). The third-order valence-corrected chi connectivity index (χ3v) is 9.44. The van der Waals surface area contributed by atoms with Gasteiger partial charge >= 0.3 is 13.3 Å². The standard InChI is InChI=1S/C31H63O6PS/c1-7-9-11-13-14-15-16-17-19-21-26-39-29(23-20-18-12-10-8-2)28(3)35-24-22-25-37-38(33,34)30(32)36-27-31(4,5)6/h28-29H,7-27H2,1-6H3,(H,33,34). The zero-order valence-corrected chi connectivity index (χ0v) is 28.1. The van der Waals surface area contributed by atoms with Crippen molar-refractivity contribution in [2.24, 2.45) is 5.41 Å². The van der Waals surface area contributed by atoms with E-state index in [2.05, 4.69) is 20.8 Å². The Morgan fingerprint density at radius 3 is 1.85 bits per heavy atom. The second-order valence-corrected chi connectivity index (χ2v) is 15.2. The zero-order chi connectivity index (χ0) is 29.4. The van der Waals surface area contributed by atoms with Gasteiger partial charge in [-0.3, -0.25) is 0 Å². The summed E-state index contributed by atoms with van der Waals surface area (Å²) in [4.78, 5) is 21.8. The van der Waals surface area contributed by atoms with Crippen LogP contribution in [0.2, 0.25) is 0 Å². The molecule has 0 aromatic rings. The van der Waals surface area contributed by atoms with E-state index >= 15 is 0 Å². The van der Waals surface area contributed by atoms with Crippen LogP contribution in [0.25, 0.3) is 0 Å². The minimum absolute atomic E-state index is 0.0153. The Kier molecular flexibility index (Phi) is 24.5. The summed E-state index contributed by atoms with van der Waals surface area (Å²) in [5, 5.41) is 0.461. The van der Waals surface area contributed by atoms with E-state index < -0.39 is 13.3 Å². The summed E-state index contributed by atoms with van der Waals surface area (Å²) < 4.78 is 28.2. The van der Waals surface area contributed by atoms with Crippen LogP contribution in [0.15, 0.2) is 0 Å². The van der Waals surface area contributed by atoms with Gasteiger partial charge in [0.25, 0.3) is 0 Å². The van der Waals surface area contributed by atoms with Gasteiger partial charge in [0, 0.05) is 11.9 Å². The largest absolute Gasteiger partial charge is 0.456 e. The number of rotatable bonds is 27. The van der Waals surface area contributed by atoms with E-state index in [1.54, 1.807) is 0 Å². The van der Waals surface area contributed by atoms with Gasteiger partial charge in [-0.15, -0.1) is 0 Å². The van der Waals surface area contributed by atoms with Crippen LogP contribution in [0.4, 0.5) is 4.79 Å². The normalized spacial score (nSPS) is 15.2. The molecule has 0 aliphatic rings. The van der Waals surface area contributed by atoms with Gasteiger partial charge in [-0.1, -0.05) is 125 Å². The number of hydrogen-bond acceptors (Lipinski definition) is 6. The third kappa shape index (κ3) is 24.3. The lowest BCUT2D eigenvalue weighted by molar-refractivity contribution is 0.0533. The Morgan fingerprint density at radius 2 is 1.31 bits per heavy atom. The highest BCUT2D eigenvalue weighted by molar-refractivity contribution is 7.99. The molecule has 8 heteroatoms. The van der Waals surface area contributed by atoms with E-state index in [0.717, 1.165) is 6.42 Å². The van der Waals surface area contributed by atoms with Crippen molar-refractivity contribution in [2.45, 2.75) is 162 Å². The Bertz CT molecular complexity index is 625. The highest BCUT2D eigenvalue weighted by Gasteiger charge is 2.33. The number of carbonyl (C=O) groups excluding carboxylic acids is 1. The van der Waals surface area contributed by atoms with Gasteiger partial charge in [-0.25, -0.2) is 9.36 Å². The molecule has 0 bridgehead atoms. The van der Waals surface area contributed by atoms with Crippen LogP contribution in [0.1, 0.15) is 151 Å². The first kappa shape index (κ1) is 38.9. The average molecular weight is 595 g/mol. The topological polar surface area (TPSA) is 82.1 Å². The number of ether oxygens (including phenoxy) is 2. The predicted octanol–water partition coefficient (Wildman–Crippen LogP) is 10.5. The summed E-state index contributed by atoms with van der Waals surface area (Å²) in [5.41, 5.74) is -1.46. The molecule has 234 valence electrons. The summed E-state index contributed by atoms with van der Waals surface area (Å²) in [5.74, 6) is 1.18. The smallest absolute Gasteiger partial charge is 0.435 e. The molecular formula is C31H63O6PS. The summed E-state index contributed by atoms with van der Waals surface area (Å²) >= 11 is 2.05. The van der Waals surface area contributed by atoms with Gasteiger partial charge in [0.05, 0.1) is 19.3 Å². The van der Waals surface area contributed by atoms with Crippen molar-refractivity contribution >= 4 is 25.1 Å². The van der Waals surface area contributed by atoms with E-state index in [-0.39, 0.29) is 24.7 Å². The molecule has 0 heterocycles. The van der Waals surface area contributed by atoms with Crippen LogP contribution < -0.4 is 0 Å². The van der Waals surface area contributed by atoms with E-state index in [1.165, 1.54) is 102 Å². The first-order chi connectivity index (χ1) is 18.5. The van der Waals surface area contributed by atoms with E-state index in [0.29, 0.717) is 18.3 Å². The van der Waals surface area contributed by atoms with Crippen molar-refractivity contribution in [2.75, 3.05) is 25.6 Å². The number of unbranched alkanes of at least 4 members (excludes halogenated alkanes) is 13. The Morgan fingerprint density at radius 1 is 0.795 bits per heavy atom. The molecule has 6 nitrogen and oxygen atoms in total. The molecule has 1 N–H and O–H groups in total. The Labute approximate surface area is 246 Å². The molecule has 3 unspecified atom stereocenters. The molecular weight excluding hydrogens is 531 g/mol. The lowest BCUT2D eigenvalue weighted by Gasteiger charge is -2.24. The zero-order valence-electron chi connectivity index (χ0n) is 26.3. The van der Waals surface area contributed by atoms with Crippen molar-refractivity contribution in [3.63, 3.8) is 0 Å². The number of thioether (sulfide) groups is 1. The Balaban J connectivity index is 4.28. The number of hydrogen-bond donors (Lipinski definition) is 1. The summed E-state index contributed by atoms with van der Waals surface area (Å²) in [7, 11) is -4.43. The van der Waals surface area contributed by atoms with E-state index in [1.807, 2.05) is 32.5 Å². The van der Waals surface area contributed by atoms with Gasteiger partial charge < -0.3 is 18.9 Å². The average Bonchev–Trinajstić information content (AvgIpc) is 2.88. The van der Waals surface area contributed by atoms with Crippen LogP contribution in [-0.4, -0.2) is 47.5 Å². The highest BCUT2D eigenvalue weighted by atomic mass is 32.2. The number of carbonyl (C=O) groups is 1. The maximum absolute atomic E-state index is 12.1. The van der Waals surface area contributed by atoms with E-state index in [9.17, 15) is 14.3 Å². The van der Waals surface area contributed by atoms with Crippen molar-refractivity contribution in [3.8, 4) is 0 Å². The maximum Gasteiger partial charge on any atom is 0.435 e. The Hall–Kier alpha value is -0.0700. The lowest BCUT2D eigenvalue weighted by atomic mass is 9.99. The van der Waals surface area contributed by atoms with Crippen molar-refractivity contribution in [1.82, 2.24) is 0 Å². The first-order valence-electron chi connectivity index (χ1n) is 15.9. The molecule has 0 aromatic carbocycles. The quantitative estimate of drug-likeness (QED) is 0.0748. The minimum atomic E-state index is -4.43. The van der Waals surface area contributed by atoms with Crippen LogP contribution in [0.3, 0.4) is 0 Å².